The second-order valence-corrected chi connectivity index (χ2v) is 3.15. The lowest BCUT2D eigenvalue weighted by molar-refractivity contribution is 1.16. The highest BCUT2D eigenvalue weighted by Gasteiger charge is 1.84. The Kier molecular flexibility index (Phi) is 1.75. The molecule has 0 aliphatic carbocycles. The van der Waals surface area contributed by atoms with E-state index in [0.29, 0.717) is 8.73 Å². The Balaban J connectivity index is 2.76. The molecule has 0 amide bonds. The standard InChI is InChI=1S/C2H5N3P2/c3-6-2-1-4-5-7-2/h1,6H,3H2,(H,4,5). The highest BCUT2D eigenvalue weighted by atomic mass is 31.1. The van der Waals surface area contributed by atoms with Crippen LogP contribution in [-0.2, 0) is 0 Å². The van der Waals surface area contributed by atoms with E-state index >= 15 is 0 Å². The Morgan fingerprint density at radius 1 is 2.00 bits per heavy atom. The summed E-state index contributed by atoms with van der Waals surface area (Å²) >= 11 is 0. The van der Waals surface area contributed by atoms with Crippen molar-refractivity contribution in [3.05, 3.63) is 6.20 Å². The second-order valence-electron chi connectivity index (χ2n) is 1.000. The highest BCUT2D eigenvalue weighted by molar-refractivity contribution is 7.58. The summed E-state index contributed by atoms with van der Waals surface area (Å²) in [6.45, 7) is 0. The van der Waals surface area contributed by atoms with E-state index in [1.165, 1.54) is 5.04 Å². The summed E-state index contributed by atoms with van der Waals surface area (Å²) in [6, 6.07) is 0. The van der Waals surface area contributed by atoms with Gasteiger partial charge in [-0.2, -0.15) is 5.10 Å². The van der Waals surface area contributed by atoms with Gasteiger partial charge in [-0.25, -0.2) is 0 Å². The van der Waals surface area contributed by atoms with Crippen molar-refractivity contribution < 1.29 is 0 Å². The first-order valence-electron chi connectivity index (χ1n) is 1.76. The number of hydrogen-bond donors (Lipinski definition) is 2. The predicted molar refractivity (Wildman–Crippen MR) is 33.2 cm³/mol. The lowest BCUT2D eigenvalue weighted by Gasteiger charge is -1.76. The summed E-state index contributed by atoms with van der Waals surface area (Å²) in [6.07, 6.45) is 1.76. The first-order valence-corrected chi connectivity index (χ1v) is 3.73. The lowest BCUT2D eigenvalue weighted by Crippen LogP contribution is -1.86. The molecule has 0 radical (unpaired) electrons. The molecule has 0 saturated heterocycles. The van der Waals surface area contributed by atoms with Crippen LogP contribution in [0.15, 0.2) is 6.20 Å². The summed E-state index contributed by atoms with van der Waals surface area (Å²) in [4.78, 5) is 2.75. The van der Waals surface area contributed by atoms with Gasteiger partial charge in [-0.3, -0.25) is 4.86 Å². The molecule has 0 bridgehead atoms. The van der Waals surface area contributed by atoms with Gasteiger partial charge in [-0.05, 0) is 8.73 Å². The van der Waals surface area contributed by atoms with Crippen LogP contribution in [0.4, 0.5) is 0 Å². The highest BCUT2D eigenvalue weighted by Crippen LogP contribution is 2.02. The van der Waals surface area contributed by atoms with Crippen molar-refractivity contribution in [2.45, 2.75) is 0 Å². The smallest absolute Gasteiger partial charge is 0.0623 e. The maximum atomic E-state index is 5.29. The van der Waals surface area contributed by atoms with Gasteiger partial charge >= 0.3 is 0 Å². The van der Waals surface area contributed by atoms with Gasteiger partial charge < -0.3 is 5.50 Å². The molecular weight excluding hydrogens is 128 g/mol. The van der Waals surface area contributed by atoms with Gasteiger partial charge in [-0.15, -0.1) is 0 Å². The van der Waals surface area contributed by atoms with Crippen molar-refractivity contribution in [1.82, 2.24) is 9.96 Å². The molecule has 0 spiro atoms. The van der Waals surface area contributed by atoms with Gasteiger partial charge in [0, 0.05) is 8.35 Å². The molecule has 38 valence electrons. The number of rotatable bonds is 1. The molecule has 7 heavy (non-hydrogen) atoms. The summed E-state index contributed by atoms with van der Waals surface area (Å²) in [5, 5.41) is 4.90. The molecule has 1 rings (SSSR count). The zero-order chi connectivity index (χ0) is 5.11. The number of H-pyrrole nitrogens is 1. The lowest BCUT2D eigenvalue weighted by atomic mass is 11.0. The van der Waals surface area contributed by atoms with E-state index < -0.39 is 0 Å². The van der Waals surface area contributed by atoms with Crippen LogP contribution in [0.3, 0.4) is 0 Å². The SMILES string of the molecule is NPc1cn[nH]p1. The quantitative estimate of drug-likeness (QED) is 0.536. The van der Waals surface area contributed by atoms with Crippen LogP contribution in [0.1, 0.15) is 0 Å². The van der Waals surface area contributed by atoms with E-state index in [1.807, 2.05) is 0 Å². The fourth-order valence-corrected chi connectivity index (χ4v) is 1.16. The van der Waals surface area contributed by atoms with Crippen molar-refractivity contribution in [1.29, 1.82) is 0 Å². The van der Waals surface area contributed by atoms with Crippen molar-refractivity contribution in [3.63, 3.8) is 0 Å². The third kappa shape index (κ3) is 1.20. The Bertz CT molecular complexity index is 125. The van der Waals surface area contributed by atoms with E-state index in [4.69, 9.17) is 5.50 Å². The molecule has 5 heteroatoms. The first kappa shape index (κ1) is 5.17. The summed E-state index contributed by atoms with van der Waals surface area (Å²) in [5.41, 5.74) is 5.29. The molecule has 0 aliphatic heterocycles. The van der Waals surface area contributed by atoms with Crippen LogP contribution < -0.4 is 10.5 Å². The van der Waals surface area contributed by atoms with Crippen LogP contribution in [0.2, 0.25) is 0 Å². The molecule has 1 heterocycles. The molecule has 1 atom stereocenters. The van der Waals surface area contributed by atoms with E-state index in [1.54, 1.807) is 6.20 Å². The Morgan fingerprint density at radius 2 is 2.86 bits per heavy atom. The summed E-state index contributed by atoms with van der Waals surface area (Å²) < 4.78 is 0. The van der Waals surface area contributed by atoms with Gasteiger partial charge in [0.1, 0.15) is 0 Å². The van der Waals surface area contributed by atoms with E-state index in [-0.39, 0.29) is 0 Å². The zero-order valence-corrected chi connectivity index (χ0v) is 5.44. The zero-order valence-electron chi connectivity index (χ0n) is 3.55. The number of hydrogen-bond acceptors (Lipinski definition) is 2. The normalized spacial score (nSPS) is 12.1. The van der Waals surface area contributed by atoms with Crippen molar-refractivity contribution >= 4 is 22.1 Å². The Hall–Kier alpha value is 0.0300. The van der Waals surface area contributed by atoms with Crippen LogP contribution in [0.5, 0.6) is 0 Å². The van der Waals surface area contributed by atoms with Gasteiger partial charge in [-0.1, -0.05) is 0 Å². The Labute approximate surface area is 44.7 Å². The fraction of sp³-hybridized carbons (Fsp3) is 0. The van der Waals surface area contributed by atoms with E-state index in [2.05, 4.69) is 9.96 Å². The summed E-state index contributed by atoms with van der Waals surface area (Å²) in [5.74, 6) is 0. The molecule has 0 saturated carbocycles. The largest absolute Gasteiger partial charge is 0.308 e. The Morgan fingerprint density at radius 3 is 3.14 bits per heavy atom. The third-order valence-corrected chi connectivity index (χ3v) is 2.28. The topological polar surface area (TPSA) is 54.7 Å². The van der Waals surface area contributed by atoms with Crippen molar-refractivity contribution in [2.75, 3.05) is 0 Å². The maximum absolute atomic E-state index is 5.29. The van der Waals surface area contributed by atoms with E-state index in [9.17, 15) is 0 Å². The number of nitrogens with two attached hydrogens (primary N) is 1. The first-order chi connectivity index (χ1) is 3.43. The minimum Gasteiger partial charge on any atom is -0.308 e. The molecule has 1 aromatic heterocycles. The molecule has 0 aliphatic rings. The molecular formula is C2H5N3P2. The second kappa shape index (κ2) is 2.37. The number of aromatic amines is 1. The van der Waals surface area contributed by atoms with Gasteiger partial charge in [0.05, 0.1) is 11.2 Å². The molecule has 0 fully saturated rings. The number of nitrogens with zero attached hydrogens (tertiary/aromatic N) is 1. The molecule has 1 aromatic rings. The molecule has 3 N–H and O–H groups in total. The average molecular weight is 133 g/mol. The van der Waals surface area contributed by atoms with Gasteiger partial charge in [0.15, 0.2) is 0 Å². The average Bonchev–Trinajstić information content (AvgIpc) is 2.14. The predicted octanol–water partition coefficient (Wildman–Crippen LogP) is 0.167. The molecule has 1 unspecified atom stereocenters. The van der Waals surface area contributed by atoms with E-state index in [0.717, 1.165) is 8.35 Å². The van der Waals surface area contributed by atoms with Gasteiger partial charge in [0.2, 0.25) is 0 Å². The van der Waals surface area contributed by atoms with Crippen LogP contribution >= 0.6 is 17.1 Å². The summed E-state index contributed by atoms with van der Waals surface area (Å²) in [7, 11) is 1.46. The number of aromatic nitrogens is 2. The van der Waals surface area contributed by atoms with Crippen LogP contribution in [0, 0.1) is 0 Å². The minimum absolute atomic E-state index is 0.404. The molecule has 0 aromatic carbocycles. The molecule has 3 nitrogen and oxygen atoms in total. The maximum Gasteiger partial charge on any atom is 0.0623 e. The van der Waals surface area contributed by atoms with Crippen molar-refractivity contribution in [3.8, 4) is 0 Å². The van der Waals surface area contributed by atoms with Crippen LogP contribution in [-0.4, -0.2) is 9.96 Å². The minimum atomic E-state index is 0.404. The number of nitrogens with one attached hydrogen (secondary N) is 1. The third-order valence-electron chi connectivity index (χ3n) is 0.563. The van der Waals surface area contributed by atoms with Crippen LogP contribution in [0.25, 0.3) is 0 Å². The van der Waals surface area contributed by atoms with Crippen molar-refractivity contribution in [2.24, 2.45) is 5.50 Å². The fourth-order valence-electron chi connectivity index (χ4n) is 0.271. The van der Waals surface area contributed by atoms with Gasteiger partial charge in [0.25, 0.3) is 0 Å². The monoisotopic (exact) mass is 133 g/mol.